The fraction of sp³-hybridized carbons (Fsp3) is 0.333. The van der Waals surface area contributed by atoms with Crippen molar-refractivity contribution >= 4 is 22.3 Å². The Morgan fingerprint density at radius 3 is 2.86 bits per heavy atom. The number of non-ortho nitro benzene ring substituents is 1. The third-order valence-electron chi connectivity index (χ3n) is 3.36. The van der Waals surface area contributed by atoms with Crippen LogP contribution in [0.2, 0.25) is 0 Å². The number of hydrogen-bond donors (Lipinski definition) is 0. The lowest BCUT2D eigenvalue weighted by atomic mass is 10.1. The molecule has 0 fully saturated rings. The van der Waals surface area contributed by atoms with Gasteiger partial charge < -0.3 is 4.90 Å². The molecule has 0 N–H and O–H groups in total. The molecule has 6 nitrogen and oxygen atoms in total. The van der Waals surface area contributed by atoms with E-state index >= 15 is 0 Å². The average Bonchev–Trinajstić information content (AvgIpc) is 2.51. The first-order chi connectivity index (χ1) is 10.1. The molecule has 1 atom stereocenters. The Morgan fingerprint density at radius 2 is 2.24 bits per heavy atom. The van der Waals surface area contributed by atoms with Gasteiger partial charge in [-0.25, -0.2) is 0 Å². The molecule has 0 aliphatic carbocycles. The van der Waals surface area contributed by atoms with Crippen LogP contribution in [0.25, 0.3) is 10.9 Å². The van der Waals surface area contributed by atoms with Gasteiger partial charge in [-0.05, 0) is 32.0 Å². The summed E-state index contributed by atoms with van der Waals surface area (Å²) in [4.78, 5) is 17.0. The fourth-order valence-corrected chi connectivity index (χ4v) is 2.33. The van der Waals surface area contributed by atoms with Crippen molar-refractivity contribution in [1.29, 1.82) is 5.26 Å². The minimum absolute atomic E-state index is 0.0474. The van der Waals surface area contributed by atoms with E-state index in [1.807, 2.05) is 18.7 Å². The monoisotopic (exact) mass is 284 g/mol. The molecular formula is C15H16N4O2. The van der Waals surface area contributed by atoms with E-state index in [4.69, 9.17) is 5.26 Å². The highest BCUT2D eigenvalue weighted by Gasteiger charge is 2.18. The third-order valence-corrected chi connectivity index (χ3v) is 3.36. The maximum Gasteiger partial charge on any atom is 0.278 e. The van der Waals surface area contributed by atoms with Gasteiger partial charge in [0.25, 0.3) is 5.69 Å². The molecule has 0 spiro atoms. The molecule has 0 saturated heterocycles. The van der Waals surface area contributed by atoms with Crippen molar-refractivity contribution in [2.24, 2.45) is 5.92 Å². The summed E-state index contributed by atoms with van der Waals surface area (Å²) in [5.74, 6) is -0.126. The number of aromatic nitrogens is 1. The van der Waals surface area contributed by atoms with Gasteiger partial charge in [-0.1, -0.05) is 0 Å². The van der Waals surface area contributed by atoms with Gasteiger partial charge >= 0.3 is 0 Å². The van der Waals surface area contributed by atoms with E-state index < -0.39 is 4.92 Å². The number of nitrogens with zero attached hydrogens (tertiary/aromatic N) is 4. The molecule has 2 aromatic rings. The molecule has 1 aromatic carbocycles. The topological polar surface area (TPSA) is 83.1 Å². The Balaban J connectivity index is 2.57. The summed E-state index contributed by atoms with van der Waals surface area (Å²) in [5.41, 5.74) is 1.46. The van der Waals surface area contributed by atoms with Crippen LogP contribution in [0.15, 0.2) is 30.5 Å². The van der Waals surface area contributed by atoms with E-state index in [-0.39, 0.29) is 11.6 Å². The molecule has 1 aromatic heterocycles. The lowest BCUT2D eigenvalue weighted by Gasteiger charge is -2.25. The van der Waals surface area contributed by atoms with Gasteiger partial charge in [0.05, 0.1) is 28.0 Å². The highest BCUT2D eigenvalue weighted by molar-refractivity contribution is 5.97. The number of benzene rings is 1. The van der Waals surface area contributed by atoms with Crippen molar-refractivity contribution in [3.63, 3.8) is 0 Å². The number of nitro groups is 1. The number of pyridine rings is 1. The summed E-state index contributed by atoms with van der Waals surface area (Å²) in [6, 6.07) is 8.80. The second-order valence-corrected chi connectivity index (χ2v) is 4.83. The first-order valence-electron chi connectivity index (χ1n) is 6.75. The Kier molecular flexibility index (Phi) is 4.33. The molecule has 1 heterocycles. The summed E-state index contributed by atoms with van der Waals surface area (Å²) >= 11 is 0. The number of anilines is 1. The first kappa shape index (κ1) is 14.7. The molecule has 0 saturated carbocycles. The maximum atomic E-state index is 11.1. The normalized spacial score (nSPS) is 11.9. The zero-order valence-corrected chi connectivity index (χ0v) is 12.0. The van der Waals surface area contributed by atoms with Crippen LogP contribution in [-0.4, -0.2) is 23.0 Å². The van der Waals surface area contributed by atoms with Crippen molar-refractivity contribution in [3.05, 3.63) is 40.6 Å². The molecule has 21 heavy (non-hydrogen) atoms. The maximum absolute atomic E-state index is 11.1. The van der Waals surface area contributed by atoms with Crippen molar-refractivity contribution in [2.75, 3.05) is 18.0 Å². The van der Waals surface area contributed by atoms with Gasteiger partial charge in [-0.3, -0.25) is 15.1 Å². The zero-order valence-electron chi connectivity index (χ0n) is 12.0. The van der Waals surface area contributed by atoms with Crippen molar-refractivity contribution in [3.8, 4) is 6.07 Å². The number of rotatable bonds is 5. The quantitative estimate of drug-likeness (QED) is 0.622. The summed E-state index contributed by atoms with van der Waals surface area (Å²) in [7, 11) is 0. The SMILES string of the molecule is CCN(CC(C)C#N)c1ccc([N+](=O)[O-])c2cccnc12. The standard InChI is InChI=1S/C15H16N4O2/c1-3-18(10-11(2)9-16)14-7-6-13(19(20)21)12-5-4-8-17-15(12)14/h4-8,11H,3,10H2,1-2H3. The molecular weight excluding hydrogens is 268 g/mol. The van der Waals surface area contributed by atoms with Crippen LogP contribution >= 0.6 is 0 Å². The van der Waals surface area contributed by atoms with Gasteiger partial charge in [0, 0.05) is 25.4 Å². The van der Waals surface area contributed by atoms with E-state index in [1.54, 1.807) is 24.4 Å². The molecule has 6 heteroatoms. The predicted molar refractivity (Wildman–Crippen MR) is 81.1 cm³/mol. The average molecular weight is 284 g/mol. The van der Waals surface area contributed by atoms with Crippen LogP contribution in [0.4, 0.5) is 11.4 Å². The summed E-state index contributed by atoms with van der Waals surface area (Å²) < 4.78 is 0. The molecule has 0 aliphatic rings. The molecule has 0 radical (unpaired) electrons. The van der Waals surface area contributed by atoms with Gasteiger partial charge in [-0.15, -0.1) is 0 Å². The molecule has 1 unspecified atom stereocenters. The highest BCUT2D eigenvalue weighted by Crippen LogP contribution is 2.32. The van der Waals surface area contributed by atoms with E-state index in [2.05, 4.69) is 11.1 Å². The second-order valence-electron chi connectivity index (χ2n) is 4.83. The van der Waals surface area contributed by atoms with E-state index in [1.165, 1.54) is 6.07 Å². The Hall–Kier alpha value is -2.68. The van der Waals surface area contributed by atoms with E-state index in [9.17, 15) is 10.1 Å². The lowest BCUT2D eigenvalue weighted by molar-refractivity contribution is -0.383. The van der Waals surface area contributed by atoms with Crippen LogP contribution in [0, 0.1) is 27.4 Å². The smallest absolute Gasteiger partial charge is 0.278 e. The van der Waals surface area contributed by atoms with Crippen LogP contribution < -0.4 is 4.90 Å². The van der Waals surface area contributed by atoms with Crippen LogP contribution in [0.5, 0.6) is 0 Å². The molecule has 0 bridgehead atoms. The van der Waals surface area contributed by atoms with Gasteiger partial charge in [0.2, 0.25) is 0 Å². The van der Waals surface area contributed by atoms with E-state index in [0.29, 0.717) is 24.0 Å². The molecule has 2 rings (SSSR count). The number of hydrogen-bond acceptors (Lipinski definition) is 5. The van der Waals surface area contributed by atoms with Gasteiger partial charge in [0.15, 0.2) is 0 Å². The van der Waals surface area contributed by atoms with Crippen LogP contribution in [0.3, 0.4) is 0 Å². The first-order valence-corrected chi connectivity index (χ1v) is 6.75. The number of nitriles is 1. The summed E-state index contributed by atoms with van der Waals surface area (Å²) in [6.07, 6.45) is 1.62. The highest BCUT2D eigenvalue weighted by atomic mass is 16.6. The third kappa shape index (κ3) is 2.92. The largest absolute Gasteiger partial charge is 0.369 e. The molecule has 108 valence electrons. The van der Waals surface area contributed by atoms with Crippen molar-refractivity contribution in [1.82, 2.24) is 4.98 Å². The van der Waals surface area contributed by atoms with Crippen molar-refractivity contribution in [2.45, 2.75) is 13.8 Å². The van der Waals surface area contributed by atoms with Crippen LogP contribution in [-0.2, 0) is 0 Å². The minimum Gasteiger partial charge on any atom is -0.369 e. The zero-order chi connectivity index (χ0) is 15.4. The fourth-order valence-electron chi connectivity index (χ4n) is 2.33. The van der Waals surface area contributed by atoms with Gasteiger partial charge in [-0.2, -0.15) is 5.26 Å². The van der Waals surface area contributed by atoms with Crippen molar-refractivity contribution < 1.29 is 4.92 Å². The molecule has 0 amide bonds. The predicted octanol–water partition coefficient (Wildman–Crippen LogP) is 3.13. The lowest BCUT2D eigenvalue weighted by Crippen LogP contribution is -2.28. The Morgan fingerprint density at radius 1 is 1.48 bits per heavy atom. The van der Waals surface area contributed by atoms with Gasteiger partial charge in [0.1, 0.15) is 5.52 Å². The second kappa shape index (κ2) is 6.18. The number of fused-ring (bicyclic) bond motifs is 1. The summed E-state index contributed by atoms with van der Waals surface area (Å²) in [5, 5.41) is 20.6. The Bertz CT molecular complexity index is 708. The minimum atomic E-state index is -0.401. The number of nitro benzene ring substituents is 1. The Labute approximate surface area is 122 Å². The van der Waals surface area contributed by atoms with Crippen LogP contribution in [0.1, 0.15) is 13.8 Å². The molecule has 0 aliphatic heterocycles. The summed E-state index contributed by atoms with van der Waals surface area (Å²) in [6.45, 7) is 5.11. The van der Waals surface area contributed by atoms with E-state index in [0.717, 1.165) is 5.69 Å².